The summed E-state index contributed by atoms with van der Waals surface area (Å²) in [6.07, 6.45) is 18.8. The molecule has 1 radical (unpaired) electrons. The van der Waals surface area contributed by atoms with Crippen LogP contribution in [0.5, 0.6) is 0 Å². The summed E-state index contributed by atoms with van der Waals surface area (Å²) in [7, 11) is -1.01. The van der Waals surface area contributed by atoms with E-state index < -0.39 is 8.07 Å². The smallest absolute Gasteiger partial charge is 0.358 e. The van der Waals surface area contributed by atoms with Crippen LogP contribution >= 0.6 is 0 Å². The first kappa shape index (κ1) is 18.4. The van der Waals surface area contributed by atoms with Crippen LogP contribution in [0.15, 0.2) is 35.6 Å². The largest absolute Gasteiger partial charge is 3.00 e. The van der Waals surface area contributed by atoms with Crippen LogP contribution in [0.1, 0.15) is 12.8 Å². The SMILES string of the molecule is C[Si](C)(C)C1=[C-]CC=C1.[C-]1=CC=CC1.[CH3-].[Zr+3]. The van der Waals surface area contributed by atoms with Gasteiger partial charge in [-0.2, -0.15) is 12.2 Å². The van der Waals surface area contributed by atoms with E-state index in [1.54, 1.807) is 0 Å². The molecule has 0 N–H and O–H groups in total. The first-order valence-electron chi connectivity index (χ1n) is 5.10. The molecule has 2 rings (SSSR count). The van der Waals surface area contributed by atoms with Crippen LogP contribution in [0.25, 0.3) is 0 Å². The van der Waals surface area contributed by atoms with E-state index in [1.165, 1.54) is 5.20 Å². The summed E-state index contributed by atoms with van der Waals surface area (Å²) in [5, 5.41) is 1.49. The third kappa shape index (κ3) is 7.35. The van der Waals surface area contributed by atoms with Gasteiger partial charge in [-0.1, -0.05) is 19.6 Å². The van der Waals surface area contributed by atoms with Crippen LogP contribution < -0.4 is 0 Å². The van der Waals surface area contributed by atoms with E-state index in [-0.39, 0.29) is 33.6 Å². The summed E-state index contributed by atoms with van der Waals surface area (Å²) in [4.78, 5) is 0. The molecule has 0 fully saturated rings. The van der Waals surface area contributed by atoms with Crippen LogP contribution in [0, 0.1) is 19.6 Å². The Hall–Kier alpha value is 0.0600. The molecule has 0 aromatic rings. The third-order valence-corrected chi connectivity index (χ3v) is 4.05. The summed E-state index contributed by atoms with van der Waals surface area (Å²) in [6.45, 7) is 7.06. The predicted molar refractivity (Wildman–Crippen MR) is 71.8 cm³/mol. The second-order valence-corrected chi connectivity index (χ2v) is 9.49. The topological polar surface area (TPSA) is 0 Å². The Bertz CT molecular complexity index is 280. The van der Waals surface area contributed by atoms with Crippen molar-refractivity contribution in [3.05, 3.63) is 55.2 Å². The van der Waals surface area contributed by atoms with Gasteiger partial charge in [0.1, 0.15) is 0 Å². The van der Waals surface area contributed by atoms with Gasteiger partial charge >= 0.3 is 26.2 Å². The van der Waals surface area contributed by atoms with Crippen molar-refractivity contribution in [2.45, 2.75) is 32.5 Å². The summed E-state index contributed by atoms with van der Waals surface area (Å²) < 4.78 is 0. The zero-order chi connectivity index (χ0) is 10.4. The van der Waals surface area contributed by atoms with Gasteiger partial charge in [0.15, 0.2) is 0 Å². The Morgan fingerprint density at radius 1 is 1.12 bits per heavy atom. The first-order valence-corrected chi connectivity index (χ1v) is 8.60. The minimum atomic E-state index is -1.01. The molecule has 2 heteroatoms. The van der Waals surface area contributed by atoms with Crippen molar-refractivity contribution in [2.75, 3.05) is 0 Å². The van der Waals surface area contributed by atoms with Crippen molar-refractivity contribution in [3.63, 3.8) is 0 Å². The average molecular weight is 309 g/mol. The number of hydrogen-bond acceptors (Lipinski definition) is 0. The maximum atomic E-state index is 3.36. The van der Waals surface area contributed by atoms with E-state index in [9.17, 15) is 0 Å². The van der Waals surface area contributed by atoms with Gasteiger partial charge in [0.05, 0.1) is 0 Å². The van der Waals surface area contributed by atoms with Gasteiger partial charge in [0.2, 0.25) is 0 Å². The molecule has 0 aromatic heterocycles. The predicted octanol–water partition coefficient (Wildman–Crippen LogP) is 4.31. The van der Waals surface area contributed by atoms with E-state index in [0.717, 1.165) is 12.8 Å². The van der Waals surface area contributed by atoms with Crippen molar-refractivity contribution in [1.82, 2.24) is 0 Å². The van der Waals surface area contributed by atoms with E-state index in [2.05, 4.69) is 50.0 Å². The molecule has 16 heavy (non-hydrogen) atoms. The zero-order valence-corrected chi connectivity index (χ0v) is 14.3. The van der Waals surface area contributed by atoms with Crippen LogP contribution in [-0.4, -0.2) is 8.07 Å². The van der Waals surface area contributed by atoms with Crippen LogP contribution in [0.2, 0.25) is 19.6 Å². The molecule has 0 amide bonds. The van der Waals surface area contributed by atoms with Crippen molar-refractivity contribution in [2.24, 2.45) is 0 Å². The molecule has 0 saturated carbocycles. The Morgan fingerprint density at radius 3 is 2.00 bits per heavy atom. The summed E-state index contributed by atoms with van der Waals surface area (Å²) in [5.41, 5.74) is 0. The molecule has 0 spiro atoms. The van der Waals surface area contributed by atoms with Crippen molar-refractivity contribution in [3.8, 4) is 0 Å². The number of allylic oxidation sites excluding steroid dienone is 8. The Morgan fingerprint density at radius 2 is 1.81 bits per heavy atom. The maximum Gasteiger partial charge on any atom is 3.00 e. The first-order chi connectivity index (χ1) is 6.61. The molecule has 0 aliphatic heterocycles. The van der Waals surface area contributed by atoms with E-state index in [4.69, 9.17) is 0 Å². The summed E-state index contributed by atoms with van der Waals surface area (Å²) in [5.74, 6) is 0. The second-order valence-electron chi connectivity index (χ2n) is 4.45. The van der Waals surface area contributed by atoms with Gasteiger partial charge in [-0.3, -0.25) is 12.2 Å². The molecule has 0 heterocycles. The quantitative estimate of drug-likeness (QED) is 0.500. The average Bonchev–Trinajstić information content (AvgIpc) is 2.80. The molecule has 2 aliphatic carbocycles. The Kier molecular flexibility index (Phi) is 10.5. The molecule has 0 saturated heterocycles. The second kappa shape index (κ2) is 9.13. The Labute approximate surface area is 121 Å². The fourth-order valence-corrected chi connectivity index (χ4v) is 2.51. The third-order valence-electron chi connectivity index (χ3n) is 2.09. The van der Waals surface area contributed by atoms with Gasteiger partial charge < -0.3 is 7.43 Å². The van der Waals surface area contributed by atoms with Gasteiger partial charge in [-0.25, -0.2) is 23.4 Å². The van der Waals surface area contributed by atoms with E-state index in [0.29, 0.717) is 0 Å². The Balaban J connectivity index is 0. The molecule has 0 nitrogen and oxygen atoms in total. The molecule has 0 bridgehead atoms. The number of hydrogen-bond donors (Lipinski definition) is 0. The van der Waals surface area contributed by atoms with Gasteiger partial charge in [0.25, 0.3) is 0 Å². The molecule has 0 aromatic carbocycles. The van der Waals surface area contributed by atoms with Crippen LogP contribution in [0.4, 0.5) is 0 Å². The molecule has 85 valence electrons. The van der Waals surface area contributed by atoms with Crippen molar-refractivity contribution < 1.29 is 26.2 Å². The van der Waals surface area contributed by atoms with Gasteiger partial charge in [-0.15, -0.1) is 12.8 Å². The fraction of sp³-hybridized carbons (Fsp3) is 0.357. The standard InChI is InChI=1S/C8H13Si.C5H5.CH3.Zr/c1-9(2,3)8-6-4-5-7-8;1-2-4-5-3-1;;/h4,6H,5H2,1-3H3;1-3H,4H2;1H3;/q3*-1;+3. The van der Waals surface area contributed by atoms with E-state index >= 15 is 0 Å². The van der Waals surface area contributed by atoms with Gasteiger partial charge in [0, 0.05) is 8.07 Å². The van der Waals surface area contributed by atoms with Crippen LogP contribution in [0.3, 0.4) is 0 Å². The minimum Gasteiger partial charge on any atom is -0.358 e. The monoisotopic (exact) mass is 307 g/mol. The van der Waals surface area contributed by atoms with E-state index in [1.807, 2.05) is 12.2 Å². The summed E-state index contributed by atoms with van der Waals surface area (Å²) >= 11 is 0. The zero-order valence-electron chi connectivity index (χ0n) is 10.8. The summed E-state index contributed by atoms with van der Waals surface area (Å²) in [6, 6.07) is 0. The van der Waals surface area contributed by atoms with Crippen molar-refractivity contribution >= 4 is 8.07 Å². The minimum absolute atomic E-state index is 0. The molecule has 0 unspecified atom stereocenters. The molecular formula is C14H21SiZr. The normalized spacial score (nSPS) is 15.8. The van der Waals surface area contributed by atoms with Gasteiger partial charge in [-0.05, 0) is 0 Å². The van der Waals surface area contributed by atoms with Crippen molar-refractivity contribution in [1.29, 1.82) is 0 Å². The number of rotatable bonds is 1. The molecule has 0 atom stereocenters. The fourth-order valence-electron chi connectivity index (χ4n) is 1.26. The molecule has 2 aliphatic rings. The maximum absolute atomic E-state index is 3.36. The van der Waals surface area contributed by atoms with Crippen LogP contribution in [-0.2, 0) is 26.2 Å². The molecular weight excluding hydrogens is 287 g/mol.